The van der Waals surface area contributed by atoms with Gasteiger partial charge in [0.15, 0.2) is 0 Å². The van der Waals surface area contributed by atoms with Crippen LogP contribution in [-0.4, -0.2) is 22.0 Å². The van der Waals surface area contributed by atoms with Gasteiger partial charge >= 0.3 is 0 Å². The second-order valence-electron chi connectivity index (χ2n) is 4.23. The van der Waals surface area contributed by atoms with Gasteiger partial charge in [-0.15, -0.1) is 0 Å². The van der Waals surface area contributed by atoms with Crippen molar-refractivity contribution in [2.75, 3.05) is 6.54 Å². The molecule has 1 heterocycles. The van der Waals surface area contributed by atoms with Crippen molar-refractivity contribution in [3.63, 3.8) is 0 Å². The summed E-state index contributed by atoms with van der Waals surface area (Å²) < 4.78 is 14.7. The summed E-state index contributed by atoms with van der Waals surface area (Å²) in [6.45, 7) is 0.620. The van der Waals surface area contributed by atoms with E-state index >= 15 is 0 Å². The van der Waals surface area contributed by atoms with E-state index in [1.807, 2.05) is 0 Å². The molecule has 20 heavy (non-hydrogen) atoms. The molecule has 5 nitrogen and oxygen atoms in total. The zero-order chi connectivity index (χ0) is 14.4. The number of hydrogen-bond acceptors (Lipinski definition) is 3. The molecule has 0 aliphatic carbocycles. The predicted octanol–water partition coefficient (Wildman–Crippen LogP) is 0.741. The monoisotopic (exact) mass is 275 g/mol. The molecule has 6 heteroatoms. The molecule has 1 aromatic carbocycles. The van der Waals surface area contributed by atoms with Crippen LogP contribution in [0.5, 0.6) is 0 Å². The van der Waals surface area contributed by atoms with E-state index in [0.717, 1.165) is 0 Å². The molecule has 0 unspecified atom stereocenters. The Morgan fingerprint density at radius 1 is 1.30 bits per heavy atom. The highest BCUT2D eigenvalue weighted by atomic mass is 19.1. The van der Waals surface area contributed by atoms with Crippen molar-refractivity contribution in [3.05, 3.63) is 64.6 Å². The predicted molar refractivity (Wildman–Crippen MR) is 71.6 cm³/mol. The summed E-state index contributed by atoms with van der Waals surface area (Å²) in [5.41, 5.74) is 0.173. The first-order valence-corrected chi connectivity index (χ1v) is 6.17. The fraction of sp³-hybridized carbons (Fsp3) is 0.214. The van der Waals surface area contributed by atoms with Crippen LogP contribution in [0.25, 0.3) is 0 Å². The van der Waals surface area contributed by atoms with Gasteiger partial charge in [0.1, 0.15) is 5.82 Å². The third-order valence-electron chi connectivity index (χ3n) is 2.78. The third kappa shape index (κ3) is 3.74. The van der Waals surface area contributed by atoms with Crippen molar-refractivity contribution in [2.24, 2.45) is 0 Å². The van der Waals surface area contributed by atoms with E-state index in [1.54, 1.807) is 18.2 Å². The van der Waals surface area contributed by atoms with Crippen LogP contribution in [0.4, 0.5) is 4.39 Å². The Hall–Kier alpha value is -2.50. The molecule has 0 saturated heterocycles. The first-order valence-electron chi connectivity index (χ1n) is 6.17. The number of nitrogens with one attached hydrogen (secondary N) is 1. The van der Waals surface area contributed by atoms with Gasteiger partial charge in [-0.05, 0) is 11.6 Å². The number of amides is 1. The lowest BCUT2D eigenvalue weighted by atomic mass is 10.1. The van der Waals surface area contributed by atoms with Crippen molar-refractivity contribution in [2.45, 2.75) is 13.0 Å². The molecule has 1 aromatic heterocycles. The topological polar surface area (TPSA) is 64.0 Å². The van der Waals surface area contributed by atoms with Crippen molar-refractivity contribution in [1.82, 2.24) is 14.9 Å². The minimum Gasteiger partial charge on any atom is -0.354 e. The van der Waals surface area contributed by atoms with Gasteiger partial charge in [0.25, 0.3) is 5.56 Å². The number of nitrogens with zero attached hydrogens (tertiary/aromatic N) is 2. The Bertz CT molecular complexity index is 655. The maximum Gasteiger partial charge on any atom is 0.253 e. The largest absolute Gasteiger partial charge is 0.354 e. The highest BCUT2D eigenvalue weighted by Gasteiger charge is 2.07. The van der Waals surface area contributed by atoms with Gasteiger partial charge in [0, 0.05) is 25.4 Å². The van der Waals surface area contributed by atoms with Crippen molar-refractivity contribution in [1.29, 1.82) is 0 Å². The van der Waals surface area contributed by atoms with E-state index in [4.69, 9.17) is 0 Å². The highest BCUT2D eigenvalue weighted by molar-refractivity contribution is 5.78. The number of carbonyl (C=O) groups excluding carboxylic acids is 1. The summed E-state index contributed by atoms with van der Waals surface area (Å²) in [4.78, 5) is 26.9. The Kier molecular flexibility index (Phi) is 4.60. The molecule has 104 valence electrons. The standard InChI is InChI=1S/C14H14FN3O2/c15-12-4-2-1-3-11(12)9-13(19)17-7-8-18-10-16-6-5-14(18)20/h1-6,10H,7-9H2,(H,17,19). The maximum atomic E-state index is 13.4. The number of rotatable bonds is 5. The van der Waals surface area contributed by atoms with E-state index in [9.17, 15) is 14.0 Å². The molecule has 2 rings (SSSR count). The molecular formula is C14H14FN3O2. The molecular weight excluding hydrogens is 261 g/mol. The number of benzene rings is 1. The molecule has 0 spiro atoms. The van der Waals surface area contributed by atoms with Crippen LogP contribution in [0.3, 0.4) is 0 Å². The van der Waals surface area contributed by atoms with Crippen LogP contribution in [-0.2, 0) is 17.8 Å². The molecule has 2 aromatic rings. The van der Waals surface area contributed by atoms with E-state index in [0.29, 0.717) is 18.7 Å². The van der Waals surface area contributed by atoms with Gasteiger partial charge in [-0.1, -0.05) is 18.2 Å². The number of hydrogen-bond donors (Lipinski definition) is 1. The second kappa shape index (κ2) is 6.60. The molecule has 0 fully saturated rings. The Morgan fingerprint density at radius 2 is 2.10 bits per heavy atom. The van der Waals surface area contributed by atoms with Crippen LogP contribution in [0, 0.1) is 5.82 Å². The average Bonchev–Trinajstić information content (AvgIpc) is 2.43. The van der Waals surface area contributed by atoms with E-state index in [-0.39, 0.29) is 17.9 Å². The lowest BCUT2D eigenvalue weighted by Crippen LogP contribution is -2.31. The lowest BCUT2D eigenvalue weighted by Gasteiger charge is -2.07. The lowest BCUT2D eigenvalue weighted by molar-refractivity contribution is -0.120. The normalized spacial score (nSPS) is 10.2. The quantitative estimate of drug-likeness (QED) is 0.875. The van der Waals surface area contributed by atoms with Crippen LogP contribution in [0.2, 0.25) is 0 Å². The maximum absolute atomic E-state index is 13.4. The number of aromatic nitrogens is 2. The molecule has 1 amide bonds. The summed E-state index contributed by atoms with van der Waals surface area (Å²) in [6.07, 6.45) is 2.80. The van der Waals surface area contributed by atoms with Crippen LogP contribution in [0.15, 0.2) is 47.7 Å². The number of carbonyl (C=O) groups is 1. The molecule has 1 N–H and O–H groups in total. The Balaban J connectivity index is 1.83. The van der Waals surface area contributed by atoms with Gasteiger partial charge < -0.3 is 5.32 Å². The van der Waals surface area contributed by atoms with Crippen LogP contribution < -0.4 is 10.9 Å². The van der Waals surface area contributed by atoms with Crippen molar-refractivity contribution < 1.29 is 9.18 Å². The Morgan fingerprint density at radius 3 is 2.85 bits per heavy atom. The molecule has 0 saturated carbocycles. The van der Waals surface area contributed by atoms with Gasteiger partial charge in [0.2, 0.25) is 5.91 Å². The molecule has 0 atom stereocenters. The summed E-state index contributed by atoms with van der Waals surface area (Å²) in [6, 6.07) is 7.49. The molecule has 0 radical (unpaired) electrons. The summed E-state index contributed by atoms with van der Waals surface area (Å²) >= 11 is 0. The van der Waals surface area contributed by atoms with E-state index < -0.39 is 5.82 Å². The van der Waals surface area contributed by atoms with Gasteiger partial charge in [-0.2, -0.15) is 0 Å². The van der Waals surface area contributed by atoms with Gasteiger partial charge in [0.05, 0.1) is 12.7 Å². The van der Waals surface area contributed by atoms with Crippen LogP contribution >= 0.6 is 0 Å². The summed E-state index contributed by atoms with van der Waals surface area (Å²) in [5.74, 6) is -0.682. The fourth-order valence-electron chi connectivity index (χ4n) is 1.74. The zero-order valence-electron chi connectivity index (χ0n) is 10.8. The summed E-state index contributed by atoms with van der Waals surface area (Å²) in [5, 5.41) is 2.64. The minimum atomic E-state index is -0.397. The van der Waals surface area contributed by atoms with Gasteiger partial charge in [-0.25, -0.2) is 9.37 Å². The Labute approximate surface area is 115 Å². The third-order valence-corrected chi connectivity index (χ3v) is 2.78. The molecule has 0 aliphatic heterocycles. The highest BCUT2D eigenvalue weighted by Crippen LogP contribution is 2.06. The van der Waals surface area contributed by atoms with Crippen molar-refractivity contribution >= 4 is 5.91 Å². The van der Waals surface area contributed by atoms with E-state index in [2.05, 4.69) is 10.3 Å². The van der Waals surface area contributed by atoms with Crippen LogP contribution in [0.1, 0.15) is 5.56 Å². The minimum absolute atomic E-state index is 0.0192. The zero-order valence-corrected chi connectivity index (χ0v) is 10.8. The first kappa shape index (κ1) is 13.9. The number of halogens is 1. The average molecular weight is 275 g/mol. The van der Waals surface area contributed by atoms with E-state index in [1.165, 1.54) is 29.2 Å². The molecule has 0 bridgehead atoms. The smallest absolute Gasteiger partial charge is 0.253 e. The first-order chi connectivity index (χ1) is 9.66. The summed E-state index contributed by atoms with van der Waals surface area (Å²) in [7, 11) is 0. The second-order valence-corrected chi connectivity index (χ2v) is 4.23. The van der Waals surface area contributed by atoms with Crippen molar-refractivity contribution in [3.8, 4) is 0 Å². The fourth-order valence-corrected chi connectivity index (χ4v) is 1.74. The molecule has 0 aliphatic rings. The van der Waals surface area contributed by atoms with Gasteiger partial charge in [-0.3, -0.25) is 14.2 Å². The SMILES string of the molecule is O=C(Cc1ccccc1F)NCCn1cnccc1=O.